The van der Waals surface area contributed by atoms with Crippen molar-refractivity contribution in [2.75, 3.05) is 32.7 Å². The van der Waals surface area contributed by atoms with Gasteiger partial charge in [0.15, 0.2) is 5.96 Å². The van der Waals surface area contributed by atoms with E-state index >= 15 is 0 Å². The number of halogens is 1. The maximum atomic E-state index is 5.25. The lowest BCUT2D eigenvalue weighted by Crippen LogP contribution is -2.37. The molecule has 0 bridgehead atoms. The number of likely N-dealkylation sites (tertiary alicyclic amines) is 1. The molecule has 0 spiro atoms. The molecule has 1 saturated carbocycles. The standard InChI is InChI=1S/C14H24N4.HI/c1-3-8-16-14(15-4-2)17-10-12-7-9-18(11-12)13-5-6-13;/h1,12-13H,4-11H2,2H3,(H2,15,16,17);1H. The molecule has 1 heterocycles. The van der Waals surface area contributed by atoms with Crippen LogP contribution in [-0.2, 0) is 0 Å². The summed E-state index contributed by atoms with van der Waals surface area (Å²) in [4.78, 5) is 7.25. The summed E-state index contributed by atoms with van der Waals surface area (Å²) in [5.41, 5.74) is 0. The second kappa shape index (κ2) is 8.64. The monoisotopic (exact) mass is 376 g/mol. The van der Waals surface area contributed by atoms with E-state index in [4.69, 9.17) is 6.42 Å². The van der Waals surface area contributed by atoms with E-state index in [1.165, 1.54) is 32.4 Å². The number of rotatable bonds is 5. The van der Waals surface area contributed by atoms with Crippen molar-refractivity contribution in [1.82, 2.24) is 15.5 Å². The fourth-order valence-electron chi connectivity index (χ4n) is 2.48. The van der Waals surface area contributed by atoms with Crippen LogP contribution < -0.4 is 10.6 Å². The van der Waals surface area contributed by atoms with Crippen molar-refractivity contribution in [3.8, 4) is 12.3 Å². The van der Waals surface area contributed by atoms with Crippen LogP contribution in [0.5, 0.6) is 0 Å². The second-order valence-corrected chi connectivity index (χ2v) is 5.16. The van der Waals surface area contributed by atoms with Gasteiger partial charge in [0, 0.05) is 25.7 Å². The van der Waals surface area contributed by atoms with E-state index in [1.807, 2.05) is 0 Å². The van der Waals surface area contributed by atoms with Crippen molar-refractivity contribution in [1.29, 1.82) is 0 Å². The first-order valence-corrected chi connectivity index (χ1v) is 7.03. The molecule has 19 heavy (non-hydrogen) atoms. The van der Waals surface area contributed by atoms with Crippen molar-refractivity contribution >= 4 is 29.9 Å². The van der Waals surface area contributed by atoms with Crippen LogP contribution in [0.15, 0.2) is 4.99 Å². The van der Waals surface area contributed by atoms with Crippen LogP contribution in [0.25, 0.3) is 0 Å². The van der Waals surface area contributed by atoms with Crippen LogP contribution in [0, 0.1) is 18.3 Å². The van der Waals surface area contributed by atoms with Crippen LogP contribution in [0.2, 0.25) is 0 Å². The van der Waals surface area contributed by atoms with Crippen molar-refractivity contribution in [3.05, 3.63) is 0 Å². The highest BCUT2D eigenvalue weighted by atomic mass is 127. The predicted octanol–water partition coefficient (Wildman–Crippen LogP) is 1.28. The lowest BCUT2D eigenvalue weighted by Gasteiger charge is -2.14. The summed E-state index contributed by atoms with van der Waals surface area (Å²) >= 11 is 0. The molecule has 5 heteroatoms. The van der Waals surface area contributed by atoms with Gasteiger partial charge in [-0.25, -0.2) is 0 Å². The maximum Gasteiger partial charge on any atom is 0.192 e. The molecule has 0 aromatic rings. The first-order chi connectivity index (χ1) is 8.83. The van der Waals surface area contributed by atoms with Gasteiger partial charge in [-0.1, -0.05) is 5.92 Å². The Morgan fingerprint density at radius 1 is 1.37 bits per heavy atom. The second-order valence-electron chi connectivity index (χ2n) is 5.16. The largest absolute Gasteiger partial charge is 0.357 e. The Morgan fingerprint density at radius 3 is 2.79 bits per heavy atom. The van der Waals surface area contributed by atoms with E-state index in [9.17, 15) is 0 Å². The Bertz CT molecular complexity index is 333. The van der Waals surface area contributed by atoms with E-state index in [-0.39, 0.29) is 24.0 Å². The van der Waals surface area contributed by atoms with Gasteiger partial charge in [0.25, 0.3) is 0 Å². The average molecular weight is 376 g/mol. The number of hydrogen-bond donors (Lipinski definition) is 2. The van der Waals surface area contributed by atoms with Gasteiger partial charge in [-0.2, -0.15) is 0 Å². The summed E-state index contributed by atoms with van der Waals surface area (Å²) in [6.45, 7) is 6.86. The Hall–Kier alpha value is -0.480. The lowest BCUT2D eigenvalue weighted by molar-refractivity contribution is 0.315. The van der Waals surface area contributed by atoms with E-state index in [0.717, 1.165) is 25.1 Å². The minimum atomic E-state index is 0. The fourth-order valence-corrected chi connectivity index (χ4v) is 2.48. The topological polar surface area (TPSA) is 39.7 Å². The third-order valence-electron chi connectivity index (χ3n) is 3.59. The lowest BCUT2D eigenvalue weighted by atomic mass is 10.1. The molecule has 108 valence electrons. The molecule has 0 aromatic carbocycles. The number of aliphatic imine (C=N–C) groups is 1. The number of terminal acetylenes is 1. The zero-order valence-corrected chi connectivity index (χ0v) is 14.0. The van der Waals surface area contributed by atoms with Crippen LogP contribution in [0.4, 0.5) is 0 Å². The Kier molecular flexibility index (Phi) is 7.54. The maximum absolute atomic E-state index is 5.25. The molecular weight excluding hydrogens is 351 g/mol. The smallest absolute Gasteiger partial charge is 0.192 e. The van der Waals surface area contributed by atoms with E-state index in [1.54, 1.807) is 0 Å². The number of nitrogens with zero attached hydrogens (tertiary/aromatic N) is 2. The molecule has 1 atom stereocenters. The number of nitrogens with one attached hydrogen (secondary N) is 2. The number of guanidine groups is 1. The molecule has 1 aliphatic heterocycles. The Morgan fingerprint density at radius 2 is 2.16 bits per heavy atom. The molecule has 2 rings (SSSR count). The Labute approximate surface area is 133 Å². The molecule has 4 nitrogen and oxygen atoms in total. The fraction of sp³-hybridized carbons (Fsp3) is 0.786. The van der Waals surface area contributed by atoms with Crippen molar-refractivity contribution in [2.24, 2.45) is 10.9 Å². The minimum absolute atomic E-state index is 0. The first kappa shape index (κ1) is 16.6. The summed E-state index contributed by atoms with van der Waals surface area (Å²) in [5, 5.41) is 6.35. The van der Waals surface area contributed by atoms with Gasteiger partial charge >= 0.3 is 0 Å². The highest BCUT2D eigenvalue weighted by Gasteiger charge is 2.34. The van der Waals surface area contributed by atoms with E-state index in [2.05, 4.69) is 33.4 Å². The van der Waals surface area contributed by atoms with Gasteiger partial charge in [0.05, 0.1) is 6.54 Å². The van der Waals surface area contributed by atoms with Gasteiger partial charge in [-0.05, 0) is 38.6 Å². The highest BCUT2D eigenvalue weighted by molar-refractivity contribution is 14.0. The summed E-state index contributed by atoms with van der Waals surface area (Å²) in [5.74, 6) is 4.14. The molecular formula is C14H25IN4. The van der Waals surface area contributed by atoms with Crippen molar-refractivity contribution < 1.29 is 0 Å². The summed E-state index contributed by atoms with van der Waals surface area (Å²) in [7, 11) is 0. The molecule has 0 amide bonds. The molecule has 1 unspecified atom stereocenters. The molecule has 1 aliphatic carbocycles. The minimum Gasteiger partial charge on any atom is -0.357 e. The van der Waals surface area contributed by atoms with Gasteiger partial charge in [-0.3, -0.25) is 4.99 Å². The third kappa shape index (κ3) is 5.57. The summed E-state index contributed by atoms with van der Waals surface area (Å²) < 4.78 is 0. The molecule has 0 aromatic heterocycles. The quantitative estimate of drug-likeness (QED) is 0.329. The van der Waals surface area contributed by atoms with Gasteiger partial charge in [0.1, 0.15) is 0 Å². The molecule has 2 N–H and O–H groups in total. The third-order valence-corrected chi connectivity index (χ3v) is 3.59. The molecule has 2 aliphatic rings. The van der Waals surface area contributed by atoms with Crippen molar-refractivity contribution in [3.63, 3.8) is 0 Å². The first-order valence-electron chi connectivity index (χ1n) is 7.03. The van der Waals surface area contributed by atoms with Crippen LogP contribution in [0.3, 0.4) is 0 Å². The molecule has 1 saturated heterocycles. The van der Waals surface area contributed by atoms with Gasteiger partial charge in [-0.15, -0.1) is 30.4 Å². The number of hydrogen-bond acceptors (Lipinski definition) is 2. The SMILES string of the molecule is C#CCNC(=NCC1CCN(C2CC2)C1)NCC.I. The average Bonchev–Trinajstić information content (AvgIpc) is 3.12. The van der Waals surface area contributed by atoms with Gasteiger partial charge in [0.2, 0.25) is 0 Å². The van der Waals surface area contributed by atoms with Crippen LogP contribution in [0.1, 0.15) is 26.2 Å². The Balaban J connectivity index is 0.00000180. The van der Waals surface area contributed by atoms with Gasteiger partial charge < -0.3 is 15.5 Å². The molecule has 2 fully saturated rings. The predicted molar refractivity (Wildman–Crippen MR) is 90.9 cm³/mol. The van der Waals surface area contributed by atoms with Crippen LogP contribution >= 0.6 is 24.0 Å². The zero-order valence-electron chi connectivity index (χ0n) is 11.7. The highest BCUT2D eigenvalue weighted by Crippen LogP contribution is 2.31. The van der Waals surface area contributed by atoms with Crippen LogP contribution in [-0.4, -0.2) is 49.6 Å². The van der Waals surface area contributed by atoms with E-state index < -0.39 is 0 Å². The normalized spacial score (nSPS) is 23.6. The van der Waals surface area contributed by atoms with Crippen molar-refractivity contribution in [2.45, 2.75) is 32.2 Å². The zero-order chi connectivity index (χ0) is 12.8. The molecule has 0 radical (unpaired) electrons. The van der Waals surface area contributed by atoms with E-state index in [0.29, 0.717) is 12.5 Å². The summed E-state index contributed by atoms with van der Waals surface area (Å²) in [6.07, 6.45) is 9.34. The summed E-state index contributed by atoms with van der Waals surface area (Å²) in [6, 6.07) is 0.895.